The molecule has 6 nitrogen and oxygen atoms in total. The fraction of sp³-hybridized carbons (Fsp3) is 0.350. The van der Waals surface area contributed by atoms with Crippen molar-refractivity contribution in [3.8, 4) is 12.1 Å². The summed E-state index contributed by atoms with van der Waals surface area (Å²) < 4.78 is 0. The van der Waals surface area contributed by atoms with Gasteiger partial charge < -0.3 is 10.2 Å². The van der Waals surface area contributed by atoms with Crippen LogP contribution < -0.4 is 5.32 Å². The average molecular weight is 379 g/mol. The van der Waals surface area contributed by atoms with Crippen LogP contribution in [0.4, 0.5) is 5.00 Å². The van der Waals surface area contributed by atoms with E-state index < -0.39 is 0 Å². The van der Waals surface area contributed by atoms with E-state index in [1.165, 1.54) is 16.9 Å². The van der Waals surface area contributed by atoms with E-state index in [1.54, 1.807) is 11.4 Å². The maximum absolute atomic E-state index is 12.1. The van der Waals surface area contributed by atoms with Gasteiger partial charge in [-0.3, -0.25) is 9.69 Å². The smallest absolute Gasteiger partial charge is 0.226 e. The summed E-state index contributed by atoms with van der Waals surface area (Å²) in [7, 11) is 0. The van der Waals surface area contributed by atoms with Crippen LogP contribution in [0.5, 0.6) is 0 Å². The highest BCUT2D eigenvalue weighted by Crippen LogP contribution is 2.22. The predicted molar refractivity (Wildman–Crippen MR) is 105 cm³/mol. The quantitative estimate of drug-likeness (QED) is 0.834. The molecule has 0 atom stereocenters. The van der Waals surface area contributed by atoms with Crippen LogP contribution >= 0.6 is 11.3 Å². The molecule has 1 N–H and O–H groups in total. The van der Waals surface area contributed by atoms with Crippen LogP contribution in [0.3, 0.4) is 0 Å². The van der Waals surface area contributed by atoms with Gasteiger partial charge in [0.1, 0.15) is 11.1 Å². The molecule has 2 heterocycles. The maximum Gasteiger partial charge on any atom is 0.226 e. The van der Waals surface area contributed by atoms with E-state index in [0.29, 0.717) is 22.5 Å². The van der Waals surface area contributed by atoms with E-state index in [9.17, 15) is 4.79 Å². The molecule has 0 saturated carbocycles. The minimum absolute atomic E-state index is 0.0473. The van der Waals surface area contributed by atoms with Crippen molar-refractivity contribution < 1.29 is 4.79 Å². The van der Waals surface area contributed by atoms with Gasteiger partial charge in [-0.25, -0.2) is 0 Å². The molecular weight excluding hydrogens is 358 g/mol. The first-order valence-corrected chi connectivity index (χ1v) is 9.77. The van der Waals surface area contributed by atoms with Crippen LogP contribution in [0.2, 0.25) is 0 Å². The third-order valence-electron chi connectivity index (χ3n) is 4.65. The van der Waals surface area contributed by atoms with E-state index >= 15 is 0 Å². The third kappa shape index (κ3) is 5.38. The summed E-state index contributed by atoms with van der Waals surface area (Å²) in [6, 6.07) is 13.7. The average Bonchev–Trinajstić information content (AvgIpc) is 3.15. The van der Waals surface area contributed by atoms with Crippen LogP contribution in [0.1, 0.15) is 23.1 Å². The van der Waals surface area contributed by atoms with Gasteiger partial charge in [-0.15, -0.1) is 11.3 Å². The SMILES string of the molecule is N#Cc1ccc(CN2CCN(CCC(=O)Nc3sccc3C#N)CC2)cc1. The molecule has 27 heavy (non-hydrogen) atoms. The topological polar surface area (TPSA) is 83.2 Å². The highest BCUT2D eigenvalue weighted by Gasteiger charge is 2.18. The number of nitrogens with zero attached hydrogens (tertiary/aromatic N) is 4. The van der Waals surface area contributed by atoms with Crippen LogP contribution in [0.15, 0.2) is 35.7 Å². The number of carbonyl (C=O) groups excluding carboxylic acids is 1. The van der Waals surface area contributed by atoms with Crippen LogP contribution in [0, 0.1) is 22.7 Å². The Morgan fingerprint density at radius 1 is 1.04 bits per heavy atom. The first-order chi connectivity index (χ1) is 13.2. The molecule has 1 saturated heterocycles. The molecule has 1 aromatic carbocycles. The van der Waals surface area contributed by atoms with E-state index in [1.807, 2.05) is 24.3 Å². The molecule has 0 aliphatic carbocycles. The van der Waals surface area contributed by atoms with Crippen molar-refractivity contribution in [3.63, 3.8) is 0 Å². The molecule has 7 heteroatoms. The zero-order valence-electron chi connectivity index (χ0n) is 15.0. The number of nitrogens with one attached hydrogen (secondary N) is 1. The predicted octanol–water partition coefficient (Wildman–Crippen LogP) is 2.64. The Labute approximate surface area is 163 Å². The Kier molecular flexibility index (Phi) is 6.56. The third-order valence-corrected chi connectivity index (χ3v) is 5.48. The highest BCUT2D eigenvalue weighted by molar-refractivity contribution is 7.14. The maximum atomic E-state index is 12.1. The Hall–Kier alpha value is -2.71. The zero-order chi connectivity index (χ0) is 19.1. The van der Waals surface area contributed by atoms with Crippen molar-refractivity contribution in [3.05, 3.63) is 52.4 Å². The number of amides is 1. The molecule has 0 bridgehead atoms. The number of benzene rings is 1. The van der Waals surface area contributed by atoms with Gasteiger partial charge in [-0.05, 0) is 29.1 Å². The van der Waals surface area contributed by atoms with Crippen molar-refractivity contribution in [1.29, 1.82) is 10.5 Å². The molecule has 1 fully saturated rings. The number of piperazine rings is 1. The summed E-state index contributed by atoms with van der Waals surface area (Å²) in [6.45, 7) is 5.41. The fourth-order valence-corrected chi connectivity index (χ4v) is 3.81. The Morgan fingerprint density at radius 3 is 2.41 bits per heavy atom. The van der Waals surface area contributed by atoms with Gasteiger partial charge in [-0.2, -0.15) is 10.5 Å². The van der Waals surface area contributed by atoms with Crippen LogP contribution in [0.25, 0.3) is 0 Å². The number of carbonyl (C=O) groups is 1. The summed E-state index contributed by atoms with van der Waals surface area (Å²) >= 11 is 1.37. The second-order valence-electron chi connectivity index (χ2n) is 6.50. The summed E-state index contributed by atoms with van der Waals surface area (Å²) in [5.41, 5.74) is 2.42. The normalized spacial score (nSPS) is 15.0. The van der Waals surface area contributed by atoms with Gasteiger partial charge >= 0.3 is 0 Å². The number of hydrogen-bond acceptors (Lipinski definition) is 6. The van der Waals surface area contributed by atoms with Gasteiger partial charge in [0.15, 0.2) is 0 Å². The molecule has 0 spiro atoms. The number of anilines is 1. The van der Waals surface area contributed by atoms with Gasteiger partial charge in [-0.1, -0.05) is 12.1 Å². The van der Waals surface area contributed by atoms with Gasteiger partial charge in [0, 0.05) is 45.7 Å². The summed E-state index contributed by atoms with van der Waals surface area (Å²) in [5.74, 6) is -0.0473. The molecule has 138 valence electrons. The lowest BCUT2D eigenvalue weighted by Crippen LogP contribution is -2.46. The fourth-order valence-electron chi connectivity index (χ4n) is 3.06. The van der Waals surface area contributed by atoms with Crippen molar-refractivity contribution >= 4 is 22.2 Å². The molecule has 0 unspecified atom stereocenters. The highest BCUT2D eigenvalue weighted by atomic mass is 32.1. The Morgan fingerprint density at radius 2 is 1.74 bits per heavy atom. The molecular formula is C20H21N5OS. The van der Waals surface area contributed by atoms with Gasteiger partial charge in [0.2, 0.25) is 5.91 Å². The molecule has 1 aliphatic rings. The zero-order valence-corrected chi connectivity index (χ0v) is 15.8. The van der Waals surface area contributed by atoms with Crippen molar-refractivity contribution in [1.82, 2.24) is 9.80 Å². The first kappa shape index (κ1) is 19.1. The number of nitriles is 2. The first-order valence-electron chi connectivity index (χ1n) is 8.89. The summed E-state index contributed by atoms with van der Waals surface area (Å²) in [6.07, 6.45) is 0.429. The monoisotopic (exact) mass is 379 g/mol. The molecule has 0 radical (unpaired) electrons. The van der Waals surface area contributed by atoms with E-state index in [0.717, 1.165) is 39.3 Å². The number of thiophene rings is 1. The lowest BCUT2D eigenvalue weighted by molar-refractivity contribution is -0.116. The number of hydrogen-bond donors (Lipinski definition) is 1. The lowest BCUT2D eigenvalue weighted by atomic mass is 10.1. The molecule has 2 aromatic rings. The van der Waals surface area contributed by atoms with Gasteiger partial charge in [0.05, 0.1) is 17.2 Å². The van der Waals surface area contributed by atoms with Crippen molar-refractivity contribution in [2.75, 3.05) is 38.0 Å². The molecule has 1 amide bonds. The van der Waals surface area contributed by atoms with Crippen LogP contribution in [-0.2, 0) is 11.3 Å². The summed E-state index contributed by atoms with van der Waals surface area (Å²) in [5, 5.41) is 23.1. The molecule has 3 rings (SSSR count). The standard InChI is InChI=1S/C20H21N5OS/c21-13-16-1-3-17(4-2-16)15-25-10-8-24(9-11-25)7-5-19(26)23-20-18(14-22)6-12-27-20/h1-4,6,12H,5,7-11,15H2,(H,23,26). The number of rotatable bonds is 6. The lowest BCUT2D eigenvalue weighted by Gasteiger charge is -2.34. The molecule has 1 aliphatic heterocycles. The van der Waals surface area contributed by atoms with Gasteiger partial charge in [0.25, 0.3) is 0 Å². The minimum Gasteiger partial charge on any atom is -0.317 e. The minimum atomic E-state index is -0.0473. The van der Waals surface area contributed by atoms with Crippen LogP contribution in [-0.4, -0.2) is 48.4 Å². The Balaban J connectivity index is 1.38. The molecule has 1 aromatic heterocycles. The second-order valence-corrected chi connectivity index (χ2v) is 7.42. The van der Waals surface area contributed by atoms with E-state index in [2.05, 4.69) is 27.3 Å². The summed E-state index contributed by atoms with van der Waals surface area (Å²) in [4.78, 5) is 16.8. The van der Waals surface area contributed by atoms with Crippen molar-refractivity contribution in [2.45, 2.75) is 13.0 Å². The van der Waals surface area contributed by atoms with Crippen molar-refractivity contribution in [2.24, 2.45) is 0 Å². The Bertz CT molecular complexity index is 854. The van der Waals surface area contributed by atoms with E-state index in [-0.39, 0.29) is 5.91 Å². The second kappa shape index (κ2) is 9.29. The largest absolute Gasteiger partial charge is 0.317 e. The van der Waals surface area contributed by atoms with E-state index in [4.69, 9.17) is 10.5 Å².